The summed E-state index contributed by atoms with van der Waals surface area (Å²) >= 11 is 1.48. The first-order valence-electron chi connectivity index (χ1n) is 5.58. The molecule has 2 rings (SSSR count). The maximum absolute atomic E-state index is 12.4. The van der Waals surface area contributed by atoms with Crippen LogP contribution in [0, 0.1) is 0 Å². The molecule has 0 radical (unpaired) electrons. The van der Waals surface area contributed by atoms with Gasteiger partial charge < -0.3 is 9.47 Å². The van der Waals surface area contributed by atoms with Crippen LogP contribution in [0.4, 0.5) is 0 Å². The molecular formula is C12H16O3S. The third-order valence-corrected chi connectivity index (χ3v) is 3.75. The topological polar surface area (TPSA) is 35.5 Å². The summed E-state index contributed by atoms with van der Waals surface area (Å²) in [6, 6.07) is 3.76. The van der Waals surface area contributed by atoms with Crippen LogP contribution in [0.15, 0.2) is 17.5 Å². The number of ketones is 1. The van der Waals surface area contributed by atoms with Crippen molar-refractivity contribution < 1.29 is 14.3 Å². The number of carbonyl (C=O) groups is 1. The van der Waals surface area contributed by atoms with Crippen LogP contribution in [0.2, 0.25) is 0 Å². The Morgan fingerprint density at radius 2 is 2.31 bits per heavy atom. The predicted molar refractivity (Wildman–Crippen MR) is 63.1 cm³/mol. The Labute approximate surface area is 99.4 Å². The van der Waals surface area contributed by atoms with Gasteiger partial charge in [0.15, 0.2) is 0 Å². The lowest BCUT2D eigenvalue weighted by atomic mass is 9.88. The highest BCUT2D eigenvalue weighted by atomic mass is 32.1. The lowest BCUT2D eigenvalue weighted by Crippen LogP contribution is -2.46. The Hall–Kier alpha value is -0.710. The molecule has 16 heavy (non-hydrogen) atoms. The number of thiophene rings is 1. The van der Waals surface area contributed by atoms with E-state index in [4.69, 9.17) is 9.47 Å². The monoisotopic (exact) mass is 240 g/mol. The molecule has 1 fully saturated rings. The summed E-state index contributed by atoms with van der Waals surface area (Å²) < 4.78 is 11.0. The van der Waals surface area contributed by atoms with E-state index in [0.717, 1.165) is 4.88 Å². The number of Topliss-reactive ketones (excluding diaryl/α,β-unsaturated/α-hetero) is 1. The van der Waals surface area contributed by atoms with Crippen molar-refractivity contribution in [3.05, 3.63) is 22.4 Å². The van der Waals surface area contributed by atoms with Crippen molar-refractivity contribution in [1.29, 1.82) is 0 Å². The molecule has 0 saturated carbocycles. The molecule has 0 N–H and O–H groups in total. The van der Waals surface area contributed by atoms with Gasteiger partial charge in [-0.1, -0.05) is 6.07 Å². The molecule has 0 atom stereocenters. The second kappa shape index (κ2) is 5.08. The molecule has 4 heteroatoms. The van der Waals surface area contributed by atoms with E-state index >= 15 is 0 Å². The Morgan fingerprint density at radius 1 is 1.56 bits per heavy atom. The van der Waals surface area contributed by atoms with Gasteiger partial charge in [-0.05, 0) is 18.4 Å². The minimum absolute atomic E-state index is 0.118. The first-order valence-corrected chi connectivity index (χ1v) is 6.46. The zero-order valence-electron chi connectivity index (χ0n) is 9.40. The van der Waals surface area contributed by atoms with Gasteiger partial charge in [0.2, 0.25) is 5.78 Å². The molecule has 1 aromatic heterocycles. The summed E-state index contributed by atoms with van der Waals surface area (Å²) in [6.07, 6.45) is 1.33. The first-order chi connectivity index (χ1) is 7.78. The molecule has 1 aromatic rings. The van der Waals surface area contributed by atoms with Gasteiger partial charge in [-0.3, -0.25) is 4.79 Å². The quantitative estimate of drug-likeness (QED) is 0.759. The Morgan fingerprint density at radius 3 is 2.88 bits per heavy atom. The predicted octanol–water partition coefficient (Wildman–Crippen LogP) is 2.52. The highest BCUT2D eigenvalue weighted by Crippen LogP contribution is 2.30. The number of carbonyl (C=O) groups excluding carboxylic acids is 1. The van der Waals surface area contributed by atoms with E-state index in [-0.39, 0.29) is 5.78 Å². The first kappa shape index (κ1) is 11.8. The van der Waals surface area contributed by atoms with E-state index in [0.29, 0.717) is 32.7 Å². The Bertz CT molecular complexity index is 334. The maximum Gasteiger partial charge on any atom is 0.204 e. The molecule has 0 aromatic carbocycles. The second-order valence-electron chi connectivity index (χ2n) is 3.85. The summed E-state index contributed by atoms with van der Waals surface area (Å²) in [6.45, 7) is 3.71. The van der Waals surface area contributed by atoms with Gasteiger partial charge in [-0.15, -0.1) is 11.3 Å². The van der Waals surface area contributed by atoms with E-state index in [9.17, 15) is 4.79 Å². The van der Waals surface area contributed by atoms with Crippen molar-refractivity contribution in [2.45, 2.75) is 25.4 Å². The van der Waals surface area contributed by atoms with Crippen molar-refractivity contribution in [3.8, 4) is 0 Å². The van der Waals surface area contributed by atoms with Crippen LogP contribution in [-0.2, 0) is 9.47 Å². The molecule has 88 valence electrons. The van der Waals surface area contributed by atoms with Gasteiger partial charge in [0.05, 0.1) is 4.88 Å². The van der Waals surface area contributed by atoms with Gasteiger partial charge in [-0.25, -0.2) is 0 Å². The minimum atomic E-state index is -0.641. The largest absolute Gasteiger partial charge is 0.381 e. The molecule has 1 aliphatic rings. The Kier molecular flexibility index (Phi) is 3.74. The van der Waals surface area contributed by atoms with Crippen molar-refractivity contribution in [1.82, 2.24) is 0 Å². The van der Waals surface area contributed by atoms with Gasteiger partial charge >= 0.3 is 0 Å². The fourth-order valence-electron chi connectivity index (χ4n) is 2.05. The smallest absolute Gasteiger partial charge is 0.204 e. The highest BCUT2D eigenvalue weighted by molar-refractivity contribution is 7.12. The SMILES string of the molecule is CCOC1(C(=O)c2cccs2)CCOCC1. The molecule has 0 unspecified atom stereocenters. The molecule has 1 saturated heterocycles. The van der Waals surface area contributed by atoms with Crippen LogP contribution in [0.1, 0.15) is 29.4 Å². The molecule has 3 nitrogen and oxygen atoms in total. The van der Waals surface area contributed by atoms with Crippen LogP contribution in [0.3, 0.4) is 0 Å². The zero-order valence-corrected chi connectivity index (χ0v) is 10.2. The highest BCUT2D eigenvalue weighted by Gasteiger charge is 2.41. The van der Waals surface area contributed by atoms with Crippen LogP contribution in [-0.4, -0.2) is 31.2 Å². The minimum Gasteiger partial charge on any atom is -0.381 e. The normalized spacial score (nSPS) is 19.6. The second-order valence-corrected chi connectivity index (χ2v) is 4.79. The number of rotatable bonds is 4. The van der Waals surface area contributed by atoms with Gasteiger partial charge in [0.25, 0.3) is 0 Å². The van der Waals surface area contributed by atoms with E-state index < -0.39 is 5.60 Å². The third-order valence-electron chi connectivity index (χ3n) is 2.88. The fraction of sp³-hybridized carbons (Fsp3) is 0.583. The number of hydrogen-bond donors (Lipinski definition) is 0. The fourth-order valence-corrected chi connectivity index (χ4v) is 2.80. The van der Waals surface area contributed by atoms with Crippen LogP contribution < -0.4 is 0 Å². The van der Waals surface area contributed by atoms with Crippen molar-refractivity contribution in [2.75, 3.05) is 19.8 Å². The summed E-state index contributed by atoms with van der Waals surface area (Å²) in [4.78, 5) is 13.2. The maximum atomic E-state index is 12.4. The summed E-state index contributed by atoms with van der Waals surface area (Å²) in [5, 5.41) is 1.92. The lowest BCUT2D eigenvalue weighted by molar-refractivity contribution is -0.0820. The average molecular weight is 240 g/mol. The molecule has 2 heterocycles. The van der Waals surface area contributed by atoms with E-state index in [1.165, 1.54) is 11.3 Å². The van der Waals surface area contributed by atoms with E-state index in [1.807, 2.05) is 24.4 Å². The molecular weight excluding hydrogens is 224 g/mol. The molecule has 0 bridgehead atoms. The van der Waals surface area contributed by atoms with Crippen LogP contribution in [0.25, 0.3) is 0 Å². The Balaban J connectivity index is 2.21. The molecule has 0 amide bonds. The number of ether oxygens (including phenoxy) is 2. The third kappa shape index (κ3) is 2.19. The van der Waals surface area contributed by atoms with Gasteiger partial charge in [-0.2, -0.15) is 0 Å². The molecule has 1 aliphatic heterocycles. The van der Waals surface area contributed by atoms with E-state index in [2.05, 4.69) is 0 Å². The molecule has 0 aliphatic carbocycles. The number of hydrogen-bond acceptors (Lipinski definition) is 4. The van der Waals surface area contributed by atoms with Crippen molar-refractivity contribution in [3.63, 3.8) is 0 Å². The van der Waals surface area contributed by atoms with Gasteiger partial charge in [0.1, 0.15) is 5.60 Å². The summed E-state index contributed by atoms with van der Waals surface area (Å²) in [5.41, 5.74) is -0.641. The standard InChI is InChI=1S/C12H16O3S/c1-2-15-12(5-7-14-8-6-12)11(13)10-4-3-9-16-10/h3-4,9H,2,5-8H2,1H3. The van der Waals surface area contributed by atoms with Crippen molar-refractivity contribution >= 4 is 17.1 Å². The summed E-state index contributed by atoms with van der Waals surface area (Å²) in [5.74, 6) is 0.118. The van der Waals surface area contributed by atoms with Crippen LogP contribution in [0.5, 0.6) is 0 Å². The lowest BCUT2D eigenvalue weighted by Gasteiger charge is -2.35. The zero-order chi connectivity index (χ0) is 11.4. The van der Waals surface area contributed by atoms with Crippen LogP contribution >= 0.6 is 11.3 Å². The summed E-state index contributed by atoms with van der Waals surface area (Å²) in [7, 11) is 0. The van der Waals surface area contributed by atoms with E-state index in [1.54, 1.807) is 0 Å². The average Bonchev–Trinajstić information content (AvgIpc) is 2.83. The molecule has 0 spiro atoms. The van der Waals surface area contributed by atoms with Gasteiger partial charge in [0, 0.05) is 32.7 Å². The van der Waals surface area contributed by atoms with Crippen molar-refractivity contribution in [2.24, 2.45) is 0 Å².